The molecule has 0 fully saturated rings. The Balaban J connectivity index is 1.67. The highest BCUT2D eigenvalue weighted by molar-refractivity contribution is 7.18. The lowest BCUT2D eigenvalue weighted by Crippen LogP contribution is -2.20. The van der Waals surface area contributed by atoms with E-state index in [9.17, 15) is 0 Å². The van der Waals surface area contributed by atoms with Gasteiger partial charge < -0.3 is 9.64 Å². The van der Waals surface area contributed by atoms with Gasteiger partial charge in [-0.1, -0.05) is 30.3 Å². The summed E-state index contributed by atoms with van der Waals surface area (Å²) in [6, 6.07) is 16.8. The minimum Gasteiger partial charge on any atom is -0.497 e. The van der Waals surface area contributed by atoms with Crippen LogP contribution < -0.4 is 4.74 Å². The second kappa shape index (κ2) is 8.79. The van der Waals surface area contributed by atoms with Gasteiger partial charge in [0.25, 0.3) is 0 Å². The molecule has 2 aromatic carbocycles. The molecule has 1 aromatic heterocycles. The van der Waals surface area contributed by atoms with E-state index in [1.165, 1.54) is 16.0 Å². The van der Waals surface area contributed by atoms with Crippen LogP contribution in [-0.2, 0) is 6.42 Å². The predicted molar refractivity (Wildman–Crippen MR) is 111 cm³/mol. The fourth-order valence-corrected chi connectivity index (χ4v) is 3.67. The fraction of sp³-hybridized carbons (Fsp3) is 0.227. The zero-order valence-corrected chi connectivity index (χ0v) is 16.1. The van der Waals surface area contributed by atoms with Gasteiger partial charge in [0.2, 0.25) is 0 Å². The molecule has 26 heavy (non-hydrogen) atoms. The SMILES string of the molecule is C=CCN(C)CCc1ccc(-c2cnc(-c3ccc(OC)cc3)s2)cc1. The number of benzene rings is 2. The van der Waals surface area contributed by atoms with E-state index in [1.54, 1.807) is 18.4 Å². The monoisotopic (exact) mass is 364 g/mol. The maximum Gasteiger partial charge on any atom is 0.123 e. The second-order valence-electron chi connectivity index (χ2n) is 6.26. The average molecular weight is 365 g/mol. The van der Waals surface area contributed by atoms with Gasteiger partial charge in [-0.25, -0.2) is 4.98 Å². The van der Waals surface area contributed by atoms with E-state index in [1.807, 2.05) is 36.5 Å². The Morgan fingerprint density at radius 2 is 1.77 bits per heavy atom. The van der Waals surface area contributed by atoms with Gasteiger partial charge in [0.15, 0.2) is 0 Å². The first-order chi connectivity index (χ1) is 12.7. The molecule has 0 unspecified atom stereocenters. The van der Waals surface area contributed by atoms with Gasteiger partial charge >= 0.3 is 0 Å². The molecule has 0 atom stereocenters. The van der Waals surface area contributed by atoms with Crippen LogP contribution >= 0.6 is 11.3 Å². The summed E-state index contributed by atoms with van der Waals surface area (Å²) in [5.74, 6) is 0.861. The minimum absolute atomic E-state index is 0.861. The Morgan fingerprint density at radius 3 is 2.42 bits per heavy atom. The lowest BCUT2D eigenvalue weighted by Gasteiger charge is -2.13. The molecule has 0 aliphatic rings. The van der Waals surface area contributed by atoms with Crippen LogP contribution in [0.1, 0.15) is 5.56 Å². The predicted octanol–water partition coefficient (Wildman–Crippen LogP) is 5.15. The molecule has 0 aliphatic carbocycles. The highest BCUT2D eigenvalue weighted by Crippen LogP contribution is 2.32. The largest absolute Gasteiger partial charge is 0.497 e. The summed E-state index contributed by atoms with van der Waals surface area (Å²) in [5, 5.41) is 1.03. The van der Waals surface area contributed by atoms with Crippen LogP contribution in [0, 0.1) is 0 Å². The third kappa shape index (κ3) is 4.59. The molecule has 0 radical (unpaired) electrons. The van der Waals surface area contributed by atoms with Gasteiger partial charge in [-0.2, -0.15) is 0 Å². The fourth-order valence-electron chi connectivity index (χ4n) is 2.74. The Kier molecular flexibility index (Phi) is 6.21. The number of ether oxygens (including phenoxy) is 1. The second-order valence-corrected chi connectivity index (χ2v) is 7.29. The summed E-state index contributed by atoms with van der Waals surface area (Å²) in [4.78, 5) is 8.04. The Hall–Kier alpha value is -2.43. The summed E-state index contributed by atoms with van der Waals surface area (Å²) in [5.41, 5.74) is 3.68. The van der Waals surface area contributed by atoms with Gasteiger partial charge in [-0.3, -0.25) is 0 Å². The topological polar surface area (TPSA) is 25.4 Å². The van der Waals surface area contributed by atoms with Gasteiger partial charge in [0.1, 0.15) is 10.8 Å². The normalized spacial score (nSPS) is 10.9. The molecule has 1 heterocycles. The molecule has 0 aliphatic heterocycles. The first kappa shape index (κ1) is 18.4. The molecular weight excluding hydrogens is 340 g/mol. The van der Waals surface area contributed by atoms with E-state index in [-0.39, 0.29) is 0 Å². The third-order valence-corrected chi connectivity index (χ3v) is 5.40. The highest BCUT2D eigenvalue weighted by Gasteiger charge is 2.07. The molecule has 0 N–H and O–H groups in total. The first-order valence-corrected chi connectivity index (χ1v) is 9.50. The van der Waals surface area contributed by atoms with Crippen molar-refractivity contribution in [3.8, 4) is 26.8 Å². The molecule has 3 rings (SSSR count). The molecule has 134 valence electrons. The van der Waals surface area contributed by atoms with Crippen molar-refractivity contribution in [3.05, 3.63) is 72.9 Å². The van der Waals surface area contributed by atoms with Crippen molar-refractivity contribution in [3.63, 3.8) is 0 Å². The maximum absolute atomic E-state index is 5.21. The number of rotatable bonds is 8. The first-order valence-electron chi connectivity index (χ1n) is 8.68. The van der Waals surface area contributed by atoms with E-state index < -0.39 is 0 Å². The summed E-state index contributed by atoms with van der Waals surface area (Å²) < 4.78 is 5.21. The number of nitrogens with zero attached hydrogens (tertiary/aromatic N) is 2. The molecule has 0 bridgehead atoms. The molecule has 3 nitrogen and oxygen atoms in total. The smallest absolute Gasteiger partial charge is 0.123 e. The quantitative estimate of drug-likeness (QED) is 0.517. The van der Waals surface area contributed by atoms with E-state index in [0.29, 0.717) is 0 Å². The van der Waals surface area contributed by atoms with E-state index >= 15 is 0 Å². The van der Waals surface area contributed by atoms with Crippen LogP contribution in [-0.4, -0.2) is 37.1 Å². The van der Waals surface area contributed by atoms with Crippen LogP contribution in [0.4, 0.5) is 0 Å². The zero-order valence-electron chi connectivity index (χ0n) is 15.3. The molecular formula is C22H24N2OS. The average Bonchev–Trinajstić information content (AvgIpc) is 3.17. The van der Waals surface area contributed by atoms with Crippen molar-refractivity contribution < 1.29 is 4.74 Å². The van der Waals surface area contributed by atoms with Crippen molar-refractivity contribution >= 4 is 11.3 Å². The number of methoxy groups -OCH3 is 1. The van der Waals surface area contributed by atoms with E-state index in [4.69, 9.17) is 4.74 Å². The number of aromatic nitrogens is 1. The van der Waals surface area contributed by atoms with Crippen LogP contribution in [0.5, 0.6) is 5.75 Å². The summed E-state index contributed by atoms with van der Waals surface area (Å²) in [6.07, 6.45) is 4.94. The van der Waals surface area contributed by atoms with Gasteiger partial charge in [0.05, 0.1) is 12.0 Å². The molecule has 4 heteroatoms. The van der Waals surface area contributed by atoms with Crippen LogP contribution in [0.25, 0.3) is 21.0 Å². The lowest BCUT2D eigenvalue weighted by atomic mass is 10.1. The van der Waals surface area contributed by atoms with Crippen molar-refractivity contribution in [2.75, 3.05) is 27.2 Å². The lowest BCUT2D eigenvalue weighted by molar-refractivity contribution is 0.375. The summed E-state index contributed by atoms with van der Waals surface area (Å²) in [6.45, 7) is 5.74. The van der Waals surface area contributed by atoms with Crippen molar-refractivity contribution in [2.45, 2.75) is 6.42 Å². The van der Waals surface area contributed by atoms with E-state index in [2.05, 4.69) is 47.8 Å². The molecule has 0 amide bonds. The zero-order chi connectivity index (χ0) is 18.4. The van der Waals surface area contributed by atoms with Gasteiger partial charge in [0, 0.05) is 24.8 Å². The van der Waals surface area contributed by atoms with Crippen LogP contribution in [0.3, 0.4) is 0 Å². The molecule has 0 saturated carbocycles. The molecule has 0 spiro atoms. The Labute approximate surface area is 159 Å². The van der Waals surface area contributed by atoms with Gasteiger partial charge in [-0.15, -0.1) is 17.9 Å². The molecule has 3 aromatic rings. The Bertz CT molecular complexity index is 837. The van der Waals surface area contributed by atoms with Crippen LogP contribution in [0.2, 0.25) is 0 Å². The Morgan fingerprint density at radius 1 is 1.08 bits per heavy atom. The van der Waals surface area contributed by atoms with Crippen molar-refractivity contribution in [1.29, 1.82) is 0 Å². The summed E-state index contributed by atoms with van der Waals surface area (Å²) in [7, 11) is 3.80. The van der Waals surface area contributed by atoms with Crippen molar-refractivity contribution in [1.82, 2.24) is 9.88 Å². The highest BCUT2D eigenvalue weighted by atomic mass is 32.1. The molecule has 0 saturated heterocycles. The van der Waals surface area contributed by atoms with Crippen LogP contribution in [0.15, 0.2) is 67.4 Å². The number of thiazole rings is 1. The van der Waals surface area contributed by atoms with Crippen molar-refractivity contribution in [2.24, 2.45) is 0 Å². The summed E-state index contributed by atoms with van der Waals surface area (Å²) >= 11 is 1.71. The minimum atomic E-state index is 0.861. The third-order valence-electron chi connectivity index (χ3n) is 4.30. The standard InChI is InChI=1S/C22H24N2OS/c1-4-14-24(2)15-13-17-5-7-18(8-6-17)21-16-23-22(26-21)19-9-11-20(25-3)12-10-19/h4-12,16H,1,13-15H2,2-3H3. The number of likely N-dealkylation sites (N-methyl/N-ethyl adjacent to an activating group) is 1. The van der Waals surface area contributed by atoms with E-state index in [0.717, 1.165) is 35.8 Å². The van der Waals surface area contributed by atoms with Gasteiger partial charge in [-0.05, 0) is 48.9 Å². The number of hydrogen-bond acceptors (Lipinski definition) is 4. The number of hydrogen-bond donors (Lipinski definition) is 0. The maximum atomic E-state index is 5.21.